The van der Waals surface area contributed by atoms with Crippen LogP contribution in [0.2, 0.25) is 0 Å². The van der Waals surface area contributed by atoms with Crippen molar-refractivity contribution in [1.82, 2.24) is 9.80 Å². The zero-order chi connectivity index (χ0) is 25.1. The fourth-order valence-corrected chi connectivity index (χ4v) is 4.54. The van der Waals surface area contributed by atoms with E-state index in [0.717, 1.165) is 18.7 Å². The molecule has 1 unspecified atom stereocenters. The first-order valence-corrected chi connectivity index (χ1v) is 11.4. The predicted molar refractivity (Wildman–Crippen MR) is 127 cm³/mol. The Kier molecular flexibility index (Phi) is 7.13. The number of ketones is 1. The maximum Gasteiger partial charge on any atom is 0.295 e. The van der Waals surface area contributed by atoms with Gasteiger partial charge in [0.05, 0.1) is 35.3 Å². The van der Waals surface area contributed by atoms with Crippen molar-refractivity contribution in [2.75, 3.05) is 39.4 Å². The van der Waals surface area contributed by atoms with Gasteiger partial charge in [0, 0.05) is 38.3 Å². The molecule has 10 heteroatoms. The second kappa shape index (κ2) is 10.2. The minimum Gasteiger partial charge on any atom is -0.507 e. The minimum absolute atomic E-state index is 0.0201. The van der Waals surface area contributed by atoms with Gasteiger partial charge in [-0.15, -0.1) is 0 Å². The van der Waals surface area contributed by atoms with Gasteiger partial charge in [-0.3, -0.25) is 24.6 Å². The molecule has 0 aliphatic carbocycles. The van der Waals surface area contributed by atoms with Crippen molar-refractivity contribution >= 4 is 23.1 Å². The van der Waals surface area contributed by atoms with Gasteiger partial charge in [0.2, 0.25) is 0 Å². The molecule has 184 valence electrons. The number of nitro benzene ring substituents is 1. The number of rotatable bonds is 7. The number of aliphatic hydroxyl groups is 1. The molecule has 1 amide bonds. The smallest absolute Gasteiger partial charge is 0.295 e. The summed E-state index contributed by atoms with van der Waals surface area (Å²) in [5.74, 6) is -2.45. The summed E-state index contributed by atoms with van der Waals surface area (Å²) in [5, 5.41) is 32.9. The summed E-state index contributed by atoms with van der Waals surface area (Å²) in [7, 11) is 0. The van der Waals surface area contributed by atoms with Crippen LogP contribution in [-0.2, 0) is 14.3 Å². The number of phenolic OH excluding ortho intramolecular Hbond substituents is 1. The van der Waals surface area contributed by atoms with E-state index in [1.54, 1.807) is 19.1 Å². The molecule has 2 aliphatic rings. The average molecular weight is 482 g/mol. The van der Waals surface area contributed by atoms with E-state index in [-0.39, 0.29) is 29.1 Å². The molecule has 2 fully saturated rings. The van der Waals surface area contributed by atoms with Crippen LogP contribution in [0.1, 0.15) is 29.2 Å². The third-order valence-corrected chi connectivity index (χ3v) is 6.32. The van der Waals surface area contributed by atoms with Crippen molar-refractivity contribution in [1.29, 1.82) is 0 Å². The number of amides is 1. The lowest BCUT2D eigenvalue weighted by Crippen LogP contribution is -2.39. The number of likely N-dealkylation sites (tertiary alicyclic amines) is 1. The van der Waals surface area contributed by atoms with Crippen LogP contribution in [0.15, 0.2) is 48.0 Å². The zero-order valence-corrected chi connectivity index (χ0v) is 19.3. The van der Waals surface area contributed by atoms with E-state index in [1.807, 2.05) is 0 Å². The third-order valence-electron chi connectivity index (χ3n) is 6.32. The summed E-state index contributed by atoms with van der Waals surface area (Å²) >= 11 is 0. The molecule has 35 heavy (non-hydrogen) atoms. The van der Waals surface area contributed by atoms with E-state index in [0.29, 0.717) is 31.7 Å². The summed E-state index contributed by atoms with van der Waals surface area (Å²) < 4.78 is 5.36. The van der Waals surface area contributed by atoms with Crippen LogP contribution >= 0.6 is 0 Å². The van der Waals surface area contributed by atoms with Gasteiger partial charge < -0.3 is 19.8 Å². The summed E-state index contributed by atoms with van der Waals surface area (Å²) in [4.78, 5) is 40.6. The number of carbonyl (C=O) groups excluding carboxylic acids is 2. The zero-order valence-electron chi connectivity index (χ0n) is 19.3. The molecule has 0 aromatic heterocycles. The van der Waals surface area contributed by atoms with Crippen molar-refractivity contribution in [3.63, 3.8) is 0 Å². The molecule has 4 rings (SSSR count). The van der Waals surface area contributed by atoms with E-state index in [2.05, 4.69) is 4.90 Å². The van der Waals surface area contributed by atoms with Crippen LogP contribution in [-0.4, -0.2) is 76.0 Å². The van der Waals surface area contributed by atoms with Crippen molar-refractivity contribution in [2.24, 2.45) is 0 Å². The molecule has 2 aromatic carbocycles. The van der Waals surface area contributed by atoms with Crippen molar-refractivity contribution in [2.45, 2.75) is 19.4 Å². The number of phenols is 1. The van der Waals surface area contributed by atoms with Gasteiger partial charge in [-0.2, -0.15) is 0 Å². The monoisotopic (exact) mass is 481 g/mol. The van der Waals surface area contributed by atoms with Crippen LogP contribution in [0, 0.1) is 17.0 Å². The number of hydrogen-bond acceptors (Lipinski definition) is 8. The molecule has 0 spiro atoms. The predicted octanol–water partition coefficient (Wildman–Crippen LogP) is 2.75. The molecule has 1 atom stereocenters. The molecule has 0 radical (unpaired) electrons. The van der Waals surface area contributed by atoms with E-state index in [4.69, 9.17) is 4.74 Å². The van der Waals surface area contributed by atoms with Gasteiger partial charge in [0.15, 0.2) is 0 Å². The fraction of sp³-hybridized carbons (Fsp3) is 0.360. The van der Waals surface area contributed by atoms with Crippen LogP contribution in [0.3, 0.4) is 0 Å². The fourth-order valence-electron chi connectivity index (χ4n) is 4.54. The van der Waals surface area contributed by atoms with Gasteiger partial charge in [0.25, 0.3) is 17.4 Å². The average Bonchev–Trinajstić information content (AvgIpc) is 3.11. The van der Waals surface area contributed by atoms with Crippen molar-refractivity contribution < 1.29 is 29.5 Å². The number of non-ortho nitro benzene ring substituents is 1. The van der Waals surface area contributed by atoms with Crippen LogP contribution in [0.4, 0.5) is 5.69 Å². The number of aliphatic hydroxyl groups excluding tert-OH is 1. The number of nitrogens with zero attached hydrogens (tertiary/aromatic N) is 3. The molecule has 2 aliphatic heterocycles. The van der Waals surface area contributed by atoms with Gasteiger partial charge in [-0.25, -0.2) is 0 Å². The lowest BCUT2D eigenvalue weighted by Gasteiger charge is -2.29. The first kappa shape index (κ1) is 24.4. The number of aryl methyl sites for hydroxylation is 1. The molecular weight excluding hydrogens is 454 g/mol. The normalized spacial score (nSPS) is 20.4. The maximum atomic E-state index is 13.1. The van der Waals surface area contributed by atoms with E-state index in [1.165, 1.54) is 35.2 Å². The Balaban J connectivity index is 1.74. The number of morpholine rings is 1. The Morgan fingerprint density at radius 2 is 1.89 bits per heavy atom. The highest BCUT2D eigenvalue weighted by molar-refractivity contribution is 6.46. The lowest BCUT2D eigenvalue weighted by atomic mass is 9.94. The second-order valence-electron chi connectivity index (χ2n) is 8.67. The van der Waals surface area contributed by atoms with Crippen LogP contribution in [0.25, 0.3) is 5.76 Å². The SMILES string of the molecule is Cc1ccc(O)c(/C(O)=C2/C(=O)C(=O)N(CCCN3CCOCC3)C2c2cccc([N+](=O)[O-])c2)c1. The third kappa shape index (κ3) is 5.03. The molecule has 2 N–H and O–H groups in total. The highest BCUT2D eigenvalue weighted by Gasteiger charge is 2.46. The summed E-state index contributed by atoms with van der Waals surface area (Å²) in [5.41, 5.74) is 0.684. The lowest BCUT2D eigenvalue weighted by molar-refractivity contribution is -0.384. The molecular formula is C25H27N3O7. The molecule has 10 nitrogen and oxygen atoms in total. The first-order valence-electron chi connectivity index (χ1n) is 11.4. The number of Topliss-reactive ketones (excluding diaryl/α,β-unsaturated/α-hetero) is 1. The molecule has 2 aromatic rings. The number of nitro groups is 1. The Labute approximate surface area is 202 Å². The summed E-state index contributed by atoms with van der Waals surface area (Å²) in [6, 6.07) is 9.21. The highest BCUT2D eigenvalue weighted by atomic mass is 16.6. The molecule has 0 saturated carbocycles. The topological polar surface area (TPSA) is 133 Å². The Morgan fingerprint density at radius 1 is 1.14 bits per heavy atom. The molecule has 0 bridgehead atoms. The maximum absolute atomic E-state index is 13.1. The Morgan fingerprint density at radius 3 is 2.60 bits per heavy atom. The largest absolute Gasteiger partial charge is 0.507 e. The minimum atomic E-state index is -1.03. The molecule has 2 heterocycles. The number of hydrogen-bond donors (Lipinski definition) is 2. The number of benzene rings is 2. The van der Waals surface area contributed by atoms with Crippen LogP contribution < -0.4 is 0 Å². The quantitative estimate of drug-likeness (QED) is 0.203. The first-order chi connectivity index (χ1) is 16.8. The summed E-state index contributed by atoms with van der Waals surface area (Å²) in [6.07, 6.45) is 0.564. The van der Waals surface area contributed by atoms with E-state index < -0.39 is 28.4 Å². The Hall–Kier alpha value is -3.76. The standard InChI is InChI=1S/C25H27N3O7/c1-16-6-7-20(29)19(14-16)23(30)21-22(17-4-2-5-18(15-17)28(33)34)27(25(32)24(21)31)9-3-8-26-10-12-35-13-11-26/h2,4-7,14-15,22,29-30H,3,8-13H2,1H3/b23-21-. The van der Waals surface area contributed by atoms with Gasteiger partial charge in [-0.1, -0.05) is 23.8 Å². The van der Waals surface area contributed by atoms with Crippen LogP contribution in [0.5, 0.6) is 5.75 Å². The van der Waals surface area contributed by atoms with Crippen molar-refractivity contribution in [3.05, 3.63) is 74.8 Å². The van der Waals surface area contributed by atoms with Crippen molar-refractivity contribution in [3.8, 4) is 5.75 Å². The second-order valence-corrected chi connectivity index (χ2v) is 8.67. The number of ether oxygens (including phenoxy) is 1. The Bertz CT molecular complexity index is 1190. The number of carbonyl (C=O) groups is 2. The van der Waals surface area contributed by atoms with Gasteiger partial charge in [-0.05, 0) is 31.0 Å². The number of aromatic hydroxyl groups is 1. The highest BCUT2D eigenvalue weighted by Crippen LogP contribution is 2.41. The van der Waals surface area contributed by atoms with E-state index in [9.17, 15) is 29.9 Å². The van der Waals surface area contributed by atoms with Gasteiger partial charge in [0.1, 0.15) is 11.5 Å². The van der Waals surface area contributed by atoms with Gasteiger partial charge >= 0.3 is 0 Å². The summed E-state index contributed by atoms with van der Waals surface area (Å²) in [6.45, 7) is 5.49. The van der Waals surface area contributed by atoms with E-state index >= 15 is 0 Å². The molecule has 2 saturated heterocycles.